The van der Waals surface area contributed by atoms with Gasteiger partial charge in [0.05, 0.1) is 12.5 Å². The molecule has 37 heavy (non-hydrogen) atoms. The van der Waals surface area contributed by atoms with Gasteiger partial charge < -0.3 is 24.8 Å². The van der Waals surface area contributed by atoms with Gasteiger partial charge in [-0.2, -0.15) is 0 Å². The lowest BCUT2D eigenvalue weighted by Crippen LogP contribution is -2.38. The van der Waals surface area contributed by atoms with Crippen molar-refractivity contribution in [3.05, 3.63) is 47.3 Å². The number of hydrogen-bond donors (Lipinski definition) is 2. The van der Waals surface area contributed by atoms with E-state index in [9.17, 15) is 19.1 Å². The van der Waals surface area contributed by atoms with Gasteiger partial charge in [0.2, 0.25) is 5.91 Å². The van der Waals surface area contributed by atoms with Crippen LogP contribution >= 0.6 is 0 Å². The van der Waals surface area contributed by atoms with Gasteiger partial charge in [0.15, 0.2) is 0 Å². The van der Waals surface area contributed by atoms with E-state index in [-0.39, 0.29) is 36.7 Å². The monoisotopic (exact) mass is 516 g/mol. The van der Waals surface area contributed by atoms with Gasteiger partial charge in [-0.3, -0.25) is 9.59 Å². The SMILES string of the molecule is COCC(=O)N[C@H]1CCN(c2cc(F)cc(/C=C(\C)[C@H]3OC(=O)C[C@@H](O)CC[C@H](C)C/C=C/[C@@H]3C)c2)C1. The zero-order chi connectivity index (χ0) is 26.9. The average molecular weight is 517 g/mol. The normalized spacial score (nSPS) is 28.7. The lowest BCUT2D eigenvalue weighted by molar-refractivity contribution is -0.151. The van der Waals surface area contributed by atoms with Gasteiger partial charge in [0, 0.05) is 37.8 Å². The van der Waals surface area contributed by atoms with Crippen molar-refractivity contribution in [2.24, 2.45) is 11.8 Å². The number of cyclic esters (lactones) is 1. The van der Waals surface area contributed by atoms with Gasteiger partial charge in [-0.25, -0.2) is 4.39 Å². The van der Waals surface area contributed by atoms with Crippen LogP contribution in [-0.4, -0.2) is 62.0 Å². The molecule has 0 bridgehead atoms. The maximum absolute atomic E-state index is 14.6. The highest BCUT2D eigenvalue weighted by Gasteiger charge is 2.26. The van der Waals surface area contributed by atoms with Gasteiger partial charge in [0.25, 0.3) is 0 Å². The number of benzene rings is 1. The van der Waals surface area contributed by atoms with E-state index in [0.717, 1.165) is 30.5 Å². The number of nitrogens with zero attached hydrogens (tertiary/aromatic N) is 1. The largest absolute Gasteiger partial charge is 0.457 e. The zero-order valence-electron chi connectivity index (χ0n) is 22.4. The van der Waals surface area contributed by atoms with Crippen molar-refractivity contribution in [1.82, 2.24) is 5.32 Å². The quantitative estimate of drug-likeness (QED) is 0.434. The van der Waals surface area contributed by atoms with Crippen molar-refractivity contribution in [2.45, 2.75) is 71.1 Å². The number of carbonyl (C=O) groups is 2. The highest BCUT2D eigenvalue weighted by atomic mass is 19.1. The molecule has 1 amide bonds. The van der Waals surface area contributed by atoms with E-state index in [0.29, 0.717) is 31.0 Å². The van der Waals surface area contributed by atoms with E-state index >= 15 is 0 Å². The summed E-state index contributed by atoms with van der Waals surface area (Å²) in [7, 11) is 1.48. The Hall–Kier alpha value is -2.71. The molecule has 3 rings (SSSR count). The minimum atomic E-state index is -0.715. The van der Waals surface area contributed by atoms with Crippen LogP contribution < -0.4 is 10.2 Å². The second-order valence-corrected chi connectivity index (χ2v) is 10.5. The Kier molecular flexibility index (Phi) is 10.7. The van der Waals surface area contributed by atoms with Crippen LogP contribution in [0.3, 0.4) is 0 Å². The molecule has 1 aromatic carbocycles. The predicted molar refractivity (Wildman–Crippen MR) is 143 cm³/mol. The van der Waals surface area contributed by atoms with Crippen LogP contribution in [0.5, 0.6) is 0 Å². The van der Waals surface area contributed by atoms with E-state index < -0.39 is 18.2 Å². The third kappa shape index (κ3) is 8.97. The summed E-state index contributed by atoms with van der Waals surface area (Å²) in [5.41, 5.74) is 2.21. The summed E-state index contributed by atoms with van der Waals surface area (Å²) >= 11 is 0. The van der Waals surface area contributed by atoms with Crippen LogP contribution in [0.15, 0.2) is 35.9 Å². The van der Waals surface area contributed by atoms with Crippen LogP contribution in [0, 0.1) is 17.7 Å². The number of nitrogens with one attached hydrogen (secondary N) is 1. The van der Waals surface area contributed by atoms with Crippen LogP contribution in [0.1, 0.15) is 58.4 Å². The van der Waals surface area contributed by atoms with Gasteiger partial charge in [-0.1, -0.05) is 32.1 Å². The summed E-state index contributed by atoms with van der Waals surface area (Å²) in [6.45, 7) is 7.33. The number of hydrogen-bond acceptors (Lipinski definition) is 6. The third-order valence-corrected chi connectivity index (χ3v) is 7.05. The van der Waals surface area contributed by atoms with Crippen molar-refractivity contribution in [1.29, 1.82) is 0 Å². The van der Waals surface area contributed by atoms with E-state index in [1.807, 2.05) is 26.0 Å². The van der Waals surface area contributed by atoms with E-state index in [2.05, 4.69) is 29.3 Å². The number of aliphatic hydroxyl groups is 1. The van der Waals surface area contributed by atoms with Gasteiger partial charge in [-0.05, 0) is 67.9 Å². The molecule has 0 radical (unpaired) electrons. The lowest BCUT2D eigenvalue weighted by Gasteiger charge is -2.25. The Labute approximate surface area is 219 Å². The van der Waals surface area contributed by atoms with Gasteiger partial charge in [0.1, 0.15) is 18.5 Å². The predicted octanol–water partition coefficient (Wildman–Crippen LogP) is 4.25. The second kappa shape index (κ2) is 13.7. The summed E-state index contributed by atoms with van der Waals surface area (Å²) in [4.78, 5) is 26.5. The first-order valence-corrected chi connectivity index (χ1v) is 13.2. The van der Waals surface area contributed by atoms with Crippen molar-refractivity contribution in [3.8, 4) is 0 Å². The molecule has 0 saturated carbocycles. The molecule has 8 heteroatoms. The van der Waals surface area contributed by atoms with Gasteiger partial charge >= 0.3 is 5.97 Å². The maximum Gasteiger partial charge on any atom is 0.309 e. The van der Waals surface area contributed by atoms with Crippen LogP contribution in [0.25, 0.3) is 6.08 Å². The van der Waals surface area contributed by atoms with Crippen LogP contribution in [0.4, 0.5) is 10.1 Å². The number of halogens is 1. The highest BCUT2D eigenvalue weighted by Crippen LogP contribution is 2.27. The molecule has 0 unspecified atom stereocenters. The fourth-order valence-electron chi connectivity index (χ4n) is 5.04. The Balaban J connectivity index is 1.78. The number of aliphatic hydroxyl groups excluding tert-OH is 1. The van der Waals surface area contributed by atoms with Crippen LogP contribution in [0.2, 0.25) is 0 Å². The lowest BCUT2D eigenvalue weighted by atomic mass is 9.93. The Bertz CT molecular complexity index is 995. The summed E-state index contributed by atoms with van der Waals surface area (Å²) in [5.74, 6) is -0.606. The number of ether oxygens (including phenoxy) is 2. The number of amides is 1. The number of carbonyl (C=O) groups excluding carboxylic acids is 2. The first kappa shape index (κ1) is 28.9. The Morgan fingerprint density at radius 1 is 1.27 bits per heavy atom. The van der Waals surface area contributed by atoms with Crippen molar-refractivity contribution in [2.75, 3.05) is 31.7 Å². The Morgan fingerprint density at radius 2 is 2.05 bits per heavy atom. The third-order valence-electron chi connectivity index (χ3n) is 7.05. The average Bonchev–Trinajstić information content (AvgIpc) is 3.28. The molecule has 7 nitrogen and oxygen atoms in total. The summed E-state index contributed by atoms with van der Waals surface area (Å²) in [6.07, 6.45) is 7.86. The van der Waals surface area contributed by atoms with Crippen molar-refractivity contribution >= 4 is 23.6 Å². The molecule has 1 saturated heterocycles. The molecular weight excluding hydrogens is 475 g/mol. The van der Waals surface area contributed by atoms with Crippen LogP contribution in [-0.2, 0) is 19.1 Å². The molecule has 1 aromatic rings. The first-order valence-electron chi connectivity index (χ1n) is 13.2. The highest BCUT2D eigenvalue weighted by molar-refractivity contribution is 5.77. The molecule has 0 spiro atoms. The topological polar surface area (TPSA) is 88.1 Å². The number of methoxy groups -OCH3 is 1. The van der Waals surface area contributed by atoms with E-state index in [1.165, 1.54) is 19.2 Å². The molecule has 2 aliphatic rings. The number of esters is 1. The second-order valence-electron chi connectivity index (χ2n) is 10.5. The minimum absolute atomic E-state index is 0.0159. The number of anilines is 1. The van der Waals surface area contributed by atoms with Crippen molar-refractivity contribution in [3.63, 3.8) is 0 Å². The number of allylic oxidation sites excluding steroid dienone is 1. The molecule has 5 atom stereocenters. The first-order chi connectivity index (χ1) is 17.6. The Morgan fingerprint density at radius 3 is 2.81 bits per heavy atom. The molecule has 2 aliphatic heterocycles. The summed E-state index contributed by atoms with van der Waals surface area (Å²) < 4.78 is 25.3. The molecular formula is C29H41FN2O5. The molecule has 1 fully saturated rings. The standard InChI is InChI=1S/C29H41FN2O5/c1-19-6-5-7-20(2)29(37-28(35)16-26(33)9-8-19)21(3)12-22-13-23(30)15-25(14-22)32-11-10-24(17-32)31-27(34)18-36-4/h5,7,12-15,19-20,24,26,29,33H,6,8-11,16-18H2,1-4H3,(H,31,34)/b7-5+,21-12+/t19-,20+,24+,26+,29+/m1/s1. The molecule has 0 aliphatic carbocycles. The molecule has 2 heterocycles. The smallest absolute Gasteiger partial charge is 0.309 e. The minimum Gasteiger partial charge on any atom is -0.457 e. The van der Waals surface area contributed by atoms with E-state index in [4.69, 9.17) is 9.47 Å². The fourth-order valence-corrected chi connectivity index (χ4v) is 5.04. The summed E-state index contributed by atoms with van der Waals surface area (Å²) in [5, 5.41) is 13.2. The van der Waals surface area contributed by atoms with Crippen molar-refractivity contribution < 1.29 is 28.6 Å². The maximum atomic E-state index is 14.6. The van der Waals surface area contributed by atoms with E-state index in [1.54, 1.807) is 0 Å². The van der Waals surface area contributed by atoms with Gasteiger partial charge in [-0.15, -0.1) is 0 Å². The molecule has 0 aromatic heterocycles. The number of rotatable bonds is 6. The zero-order valence-corrected chi connectivity index (χ0v) is 22.4. The molecule has 204 valence electrons. The fraction of sp³-hybridized carbons (Fsp3) is 0.586. The molecule has 2 N–H and O–H groups in total. The summed E-state index contributed by atoms with van der Waals surface area (Å²) in [6, 6.07) is 4.85.